The third kappa shape index (κ3) is 2.31. The number of rotatable bonds is 5. The van der Waals surface area contributed by atoms with Gasteiger partial charge in [0.15, 0.2) is 5.78 Å². The molecule has 1 aliphatic carbocycles. The Labute approximate surface area is 82.1 Å². The molecule has 0 aliphatic heterocycles. The zero-order chi connectivity index (χ0) is 10.6. The van der Waals surface area contributed by atoms with E-state index in [0.717, 1.165) is 0 Å². The topological polar surface area (TPSA) is 89.8 Å². The van der Waals surface area contributed by atoms with Crippen molar-refractivity contribution in [3.05, 3.63) is 11.8 Å². The van der Waals surface area contributed by atoms with E-state index in [0.29, 0.717) is 18.5 Å². The van der Waals surface area contributed by atoms with Crippen LogP contribution in [-0.4, -0.2) is 46.5 Å². The predicted octanol–water partition coefficient (Wildman–Crippen LogP) is -1.46. The molecule has 0 unspecified atom stereocenters. The van der Waals surface area contributed by atoms with Gasteiger partial charge in [-0.25, -0.2) is 0 Å². The summed E-state index contributed by atoms with van der Waals surface area (Å²) in [5.41, 5.74) is -0.469. The van der Waals surface area contributed by atoms with Gasteiger partial charge in [-0.3, -0.25) is 4.79 Å². The molecule has 0 fully saturated rings. The molecule has 0 saturated heterocycles. The van der Waals surface area contributed by atoms with Crippen LogP contribution in [0.4, 0.5) is 0 Å². The number of ketones is 1. The lowest BCUT2D eigenvalue weighted by Gasteiger charge is -2.30. The summed E-state index contributed by atoms with van der Waals surface area (Å²) in [6, 6.07) is 0. The second kappa shape index (κ2) is 4.54. The van der Waals surface area contributed by atoms with Crippen molar-refractivity contribution in [3.63, 3.8) is 0 Å². The number of aliphatic hydroxyl groups is 3. The van der Waals surface area contributed by atoms with E-state index in [1.807, 2.05) is 0 Å². The Morgan fingerprint density at radius 1 is 1.21 bits per heavy atom. The number of hydrogen-bond acceptors (Lipinski definition) is 5. The maximum absolute atomic E-state index is 10.9. The van der Waals surface area contributed by atoms with E-state index in [9.17, 15) is 4.79 Å². The second-order valence-corrected chi connectivity index (χ2v) is 3.52. The smallest absolute Gasteiger partial charge is 0.157 e. The largest absolute Gasteiger partial charge is 0.394 e. The molecule has 0 atom stereocenters. The van der Waals surface area contributed by atoms with E-state index in [4.69, 9.17) is 15.3 Å². The minimum absolute atomic E-state index is 0.0234. The lowest BCUT2D eigenvalue weighted by atomic mass is 10.0. The number of aliphatic hydroxyl groups excluding tert-OH is 3. The molecule has 80 valence electrons. The van der Waals surface area contributed by atoms with E-state index in [1.165, 1.54) is 6.08 Å². The molecule has 0 aromatic carbocycles. The van der Waals surface area contributed by atoms with Gasteiger partial charge in [-0.05, 0) is 6.42 Å². The maximum atomic E-state index is 10.9. The lowest BCUT2D eigenvalue weighted by Crippen LogP contribution is -2.54. The van der Waals surface area contributed by atoms with Gasteiger partial charge in [-0.1, -0.05) is 0 Å². The molecule has 0 amide bonds. The van der Waals surface area contributed by atoms with Crippen molar-refractivity contribution in [1.82, 2.24) is 5.32 Å². The molecule has 5 nitrogen and oxygen atoms in total. The Bertz CT molecular complexity index is 237. The fraction of sp³-hybridized carbons (Fsp3) is 0.667. The summed E-state index contributed by atoms with van der Waals surface area (Å²) in [4.78, 5) is 10.9. The average molecular weight is 201 g/mol. The van der Waals surface area contributed by atoms with Crippen LogP contribution < -0.4 is 5.32 Å². The normalized spacial score (nSPS) is 17.1. The number of nitrogens with one attached hydrogen (secondary N) is 1. The van der Waals surface area contributed by atoms with E-state index in [-0.39, 0.29) is 25.6 Å². The van der Waals surface area contributed by atoms with Crippen molar-refractivity contribution < 1.29 is 20.1 Å². The molecule has 0 radical (unpaired) electrons. The van der Waals surface area contributed by atoms with Crippen LogP contribution in [0.3, 0.4) is 0 Å². The highest BCUT2D eigenvalue weighted by atomic mass is 16.3. The molecule has 14 heavy (non-hydrogen) atoms. The Hall–Kier alpha value is -0.910. The maximum Gasteiger partial charge on any atom is 0.157 e. The van der Waals surface area contributed by atoms with Crippen molar-refractivity contribution in [2.45, 2.75) is 18.4 Å². The van der Waals surface area contributed by atoms with Gasteiger partial charge in [0, 0.05) is 18.2 Å². The second-order valence-electron chi connectivity index (χ2n) is 3.52. The monoisotopic (exact) mass is 201 g/mol. The first-order chi connectivity index (χ1) is 6.65. The van der Waals surface area contributed by atoms with Crippen molar-refractivity contribution in [1.29, 1.82) is 0 Å². The molecule has 0 bridgehead atoms. The van der Waals surface area contributed by atoms with Crippen molar-refractivity contribution in [2.24, 2.45) is 0 Å². The van der Waals surface area contributed by atoms with E-state index >= 15 is 0 Å². The molecule has 1 rings (SSSR count). The molecular weight excluding hydrogens is 186 g/mol. The predicted molar refractivity (Wildman–Crippen MR) is 49.4 cm³/mol. The molecule has 5 heteroatoms. The van der Waals surface area contributed by atoms with Crippen LogP contribution in [0.15, 0.2) is 11.8 Å². The van der Waals surface area contributed by atoms with Gasteiger partial charge in [0.2, 0.25) is 0 Å². The minimum Gasteiger partial charge on any atom is -0.394 e. The van der Waals surface area contributed by atoms with Crippen LogP contribution in [-0.2, 0) is 4.79 Å². The lowest BCUT2D eigenvalue weighted by molar-refractivity contribution is -0.114. The van der Waals surface area contributed by atoms with Crippen LogP contribution in [0.2, 0.25) is 0 Å². The highest BCUT2D eigenvalue weighted by Gasteiger charge is 2.29. The average Bonchev–Trinajstić information content (AvgIpc) is 2.61. The highest BCUT2D eigenvalue weighted by Crippen LogP contribution is 2.15. The number of allylic oxidation sites excluding steroid dienone is 2. The molecule has 0 aromatic heterocycles. The first-order valence-corrected chi connectivity index (χ1v) is 4.50. The molecule has 0 heterocycles. The summed E-state index contributed by atoms with van der Waals surface area (Å²) >= 11 is 0. The quantitative estimate of drug-likeness (QED) is 0.436. The van der Waals surface area contributed by atoms with Crippen LogP contribution >= 0.6 is 0 Å². The van der Waals surface area contributed by atoms with Crippen LogP contribution in [0.5, 0.6) is 0 Å². The van der Waals surface area contributed by atoms with E-state index < -0.39 is 5.54 Å². The minimum atomic E-state index is -1.13. The Morgan fingerprint density at radius 2 is 1.79 bits per heavy atom. The standard InChI is InChI=1S/C9H15NO4/c11-4-9(5-12,6-13)10-7-1-2-8(14)3-7/h3,10-13H,1-2,4-6H2. The van der Waals surface area contributed by atoms with Gasteiger partial charge in [-0.15, -0.1) is 0 Å². The summed E-state index contributed by atoms with van der Waals surface area (Å²) in [7, 11) is 0. The summed E-state index contributed by atoms with van der Waals surface area (Å²) in [6.07, 6.45) is 2.46. The van der Waals surface area contributed by atoms with Gasteiger partial charge in [0.05, 0.1) is 19.8 Å². The van der Waals surface area contributed by atoms with Gasteiger partial charge in [-0.2, -0.15) is 0 Å². The molecule has 4 N–H and O–H groups in total. The number of carbonyl (C=O) groups is 1. The fourth-order valence-electron chi connectivity index (χ4n) is 1.30. The summed E-state index contributed by atoms with van der Waals surface area (Å²) in [5, 5.41) is 29.8. The van der Waals surface area contributed by atoms with E-state index in [1.54, 1.807) is 0 Å². The highest BCUT2D eigenvalue weighted by molar-refractivity contribution is 5.92. The molecule has 0 saturated carbocycles. The first kappa shape index (κ1) is 11.2. The summed E-state index contributed by atoms with van der Waals surface area (Å²) in [5.74, 6) is 0.0234. The van der Waals surface area contributed by atoms with Gasteiger partial charge < -0.3 is 20.6 Å². The number of hydrogen-bond donors (Lipinski definition) is 4. The van der Waals surface area contributed by atoms with Crippen molar-refractivity contribution in [3.8, 4) is 0 Å². The Kier molecular flexibility index (Phi) is 3.62. The Morgan fingerprint density at radius 3 is 2.14 bits per heavy atom. The van der Waals surface area contributed by atoms with E-state index in [2.05, 4.69) is 5.32 Å². The van der Waals surface area contributed by atoms with Crippen molar-refractivity contribution >= 4 is 5.78 Å². The van der Waals surface area contributed by atoms with Crippen LogP contribution in [0.25, 0.3) is 0 Å². The van der Waals surface area contributed by atoms with Gasteiger partial charge >= 0.3 is 0 Å². The zero-order valence-corrected chi connectivity index (χ0v) is 7.86. The third-order valence-corrected chi connectivity index (χ3v) is 2.31. The molecule has 1 aliphatic rings. The molecular formula is C9H15NO4. The first-order valence-electron chi connectivity index (χ1n) is 4.50. The van der Waals surface area contributed by atoms with Gasteiger partial charge in [0.25, 0.3) is 0 Å². The zero-order valence-electron chi connectivity index (χ0n) is 7.86. The molecule has 0 aromatic rings. The van der Waals surface area contributed by atoms with Crippen molar-refractivity contribution in [2.75, 3.05) is 19.8 Å². The van der Waals surface area contributed by atoms with Gasteiger partial charge in [0.1, 0.15) is 5.54 Å². The number of carbonyl (C=O) groups excluding carboxylic acids is 1. The van der Waals surface area contributed by atoms with Crippen LogP contribution in [0, 0.1) is 0 Å². The molecule has 0 spiro atoms. The summed E-state index contributed by atoms with van der Waals surface area (Å²) < 4.78 is 0. The SMILES string of the molecule is O=C1C=C(NC(CO)(CO)CO)CC1. The Balaban J connectivity index is 2.64. The third-order valence-electron chi connectivity index (χ3n) is 2.31. The summed E-state index contributed by atoms with van der Waals surface area (Å²) in [6.45, 7) is -1.15. The van der Waals surface area contributed by atoms with Crippen LogP contribution in [0.1, 0.15) is 12.8 Å². The fourth-order valence-corrected chi connectivity index (χ4v) is 1.30.